The number of carbonyl (C=O) groups is 1. The molecule has 2 aromatic carbocycles. The van der Waals surface area contributed by atoms with E-state index in [1.165, 1.54) is 23.1 Å². The van der Waals surface area contributed by atoms with Gasteiger partial charge in [0.15, 0.2) is 14.2 Å². The van der Waals surface area contributed by atoms with Crippen molar-refractivity contribution in [1.29, 1.82) is 0 Å². The lowest BCUT2D eigenvalue weighted by Crippen LogP contribution is -2.41. The van der Waals surface area contributed by atoms with Gasteiger partial charge in [0.2, 0.25) is 11.0 Å². The summed E-state index contributed by atoms with van der Waals surface area (Å²) in [5.41, 5.74) is 1.77. The maximum Gasteiger partial charge on any atom is 0.233 e. The van der Waals surface area contributed by atoms with Gasteiger partial charge in [0.1, 0.15) is 5.75 Å². The van der Waals surface area contributed by atoms with Gasteiger partial charge in [0.05, 0.1) is 29.6 Å². The summed E-state index contributed by atoms with van der Waals surface area (Å²) in [5, 5.41) is 12.2. The highest BCUT2D eigenvalue weighted by molar-refractivity contribution is 8.01. The number of rotatable bonds is 10. The zero-order chi connectivity index (χ0) is 24.0. The summed E-state index contributed by atoms with van der Waals surface area (Å²) in [6.45, 7) is 2.87. The molecule has 1 saturated heterocycles. The molecule has 1 aliphatic heterocycles. The van der Waals surface area contributed by atoms with E-state index in [2.05, 4.69) is 15.5 Å². The van der Waals surface area contributed by atoms with Crippen LogP contribution in [0, 0.1) is 0 Å². The van der Waals surface area contributed by atoms with Crippen molar-refractivity contribution >= 4 is 49.7 Å². The van der Waals surface area contributed by atoms with Gasteiger partial charge in [0.25, 0.3) is 0 Å². The van der Waals surface area contributed by atoms with Crippen LogP contribution in [0.25, 0.3) is 0 Å². The molecule has 0 bridgehead atoms. The first-order chi connectivity index (χ1) is 16.4. The SMILES string of the molecule is CCOc1ccccc1Nc1nnc(SCC(=O)N(Cc2ccccc2)C2CCS(=O)(=O)C2)s1. The fourth-order valence-electron chi connectivity index (χ4n) is 3.71. The van der Waals surface area contributed by atoms with Crippen LogP contribution >= 0.6 is 23.1 Å². The molecule has 8 nitrogen and oxygen atoms in total. The van der Waals surface area contributed by atoms with Crippen molar-refractivity contribution in [2.24, 2.45) is 0 Å². The number of aromatic nitrogens is 2. The lowest BCUT2D eigenvalue weighted by atomic mass is 10.1. The molecule has 1 aliphatic rings. The van der Waals surface area contributed by atoms with Crippen LogP contribution in [0.4, 0.5) is 10.8 Å². The molecule has 2 heterocycles. The molecule has 34 heavy (non-hydrogen) atoms. The average molecular weight is 519 g/mol. The first-order valence-electron chi connectivity index (χ1n) is 10.9. The number of thioether (sulfide) groups is 1. The highest BCUT2D eigenvalue weighted by Gasteiger charge is 2.34. The van der Waals surface area contributed by atoms with Crippen LogP contribution in [0.15, 0.2) is 58.9 Å². The molecule has 1 atom stereocenters. The topological polar surface area (TPSA) is 101 Å². The number of amides is 1. The van der Waals surface area contributed by atoms with Gasteiger partial charge >= 0.3 is 0 Å². The number of nitrogens with zero attached hydrogens (tertiary/aromatic N) is 3. The van der Waals surface area contributed by atoms with Gasteiger partial charge < -0.3 is 15.0 Å². The molecular weight excluding hydrogens is 492 g/mol. The lowest BCUT2D eigenvalue weighted by molar-refractivity contribution is -0.130. The summed E-state index contributed by atoms with van der Waals surface area (Å²) in [4.78, 5) is 14.9. The molecule has 1 fully saturated rings. The number of benzene rings is 2. The zero-order valence-electron chi connectivity index (χ0n) is 18.7. The first-order valence-corrected chi connectivity index (χ1v) is 14.5. The number of hydrogen-bond acceptors (Lipinski definition) is 9. The standard InChI is InChI=1S/C23H26N4O4S3/c1-2-31-20-11-7-6-10-19(20)24-22-25-26-23(33-22)32-15-21(28)27(14-17-8-4-3-5-9-17)18-12-13-34(29,30)16-18/h3-11,18H,2,12-16H2,1H3,(H,24,25). The highest BCUT2D eigenvalue weighted by Crippen LogP contribution is 2.32. The van der Waals surface area contributed by atoms with Gasteiger partial charge in [-0.1, -0.05) is 65.6 Å². The predicted molar refractivity (Wildman–Crippen MR) is 136 cm³/mol. The van der Waals surface area contributed by atoms with Crippen molar-refractivity contribution in [3.05, 3.63) is 60.2 Å². The largest absolute Gasteiger partial charge is 0.492 e. The number of sulfone groups is 1. The van der Waals surface area contributed by atoms with Crippen LogP contribution in [-0.2, 0) is 21.2 Å². The van der Waals surface area contributed by atoms with Crippen molar-refractivity contribution in [1.82, 2.24) is 15.1 Å². The molecule has 1 unspecified atom stereocenters. The summed E-state index contributed by atoms with van der Waals surface area (Å²) < 4.78 is 30.4. The van der Waals surface area contributed by atoms with Gasteiger partial charge in [-0.2, -0.15) is 0 Å². The third-order valence-electron chi connectivity index (χ3n) is 5.32. The second-order valence-corrected chi connectivity index (χ2v) is 12.2. The maximum atomic E-state index is 13.2. The monoisotopic (exact) mass is 518 g/mol. The Morgan fingerprint density at radius 1 is 1.18 bits per heavy atom. The third-order valence-corrected chi connectivity index (χ3v) is 9.03. The highest BCUT2D eigenvalue weighted by atomic mass is 32.2. The summed E-state index contributed by atoms with van der Waals surface area (Å²) >= 11 is 2.66. The molecule has 0 aliphatic carbocycles. The van der Waals surface area contributed by atoms with Crippen LogP contribution < -0.4 is 10.1 Å². The molecular formula is C23H26N4O4S3. The summed E-state index contributed by atoms with van der Waals surface area (Å²) in [7, 11) is -3.11. The van der Waals surface area contributed by atoms with Gasteiger partial charge in [-0.15, -0.1) is 10.2 Å². The van der Waals surface area contributed by atoms with Crippen LogP contribution in [0.3, 0.4) is 0 Å². The van der Waals surface area contributed by atoms with Crippen LogP contribution in [0.5, 0.6) is 5.75 Å². The summed E-state index contributed by atoms with van der Waals surface area (Å²) in [6.07, 6.45) is 0.470. The quantitative estimate of drug-likeness (QED) is 0.402. The van der Waals surface area contributed by atoms with E-state index in [1.54, 1.807) is 4.90 Å². The third kappa shape index (κ3) is 6.49. The summed E-state index contributed by atoms with van der Waals surface area (Å²) in [5.74, 6) is 0.920. The molecule has 1 aromatic heterocycles. The minimum atomic E-state index is -3.11. The minimum absolute atomic E-state index is 0.0162. The Labute approximate surface area is 207 Å². The second kappa shape index (κ2) is 11.2. The normalized spacial score (nSPS) is 16.8. The Kier molecular flexibility index (Phi) is 8.07. The Balaban J connectivity index is 1.40. The molecule has 4 rings (SSSR count). The molecule has 0 saturated carbocycles. The number of para-hydroxylation sites is 2. The lowest BCUT2D eigenvalue weighted by Gasteiger charge is -2.28. The number of ether oxygens (including phenoxy) is 1. The number of anilines is 2. The van der Waals surface area contributed by atoms with Crippen LogP contribution in [0.1, 0.15) is 18.9 Å². The smallest absolute Gasteiger partial charge is 0.233 e. The van der Waals surface area contributed by atoms with E-state index in [-0.39, 0.29) is 29.2 Å². The predicted octanol–water partition coefficient (Wildman–Crippen LogP) is 3.99. The van der Waals surface area contributed by atoms with Crippen LogP contribution in [0.2, 0.25) is 0 Å². The van der Waals surface area contributed by atoms with Crippen molar-refractivity contribution in [3.63, 3.8) is 0 Å². The fraction of sp³-hybridized carbons (Fsp3) is 0.348. The minimum Gasteiger partial charge on any atom is -0.492 e. The molecule has 180 valence electrons. The Bertz CT molecular complexity index is 1220. The van der Waals surface area contributed by atoms with Crippen molar-refractivity contribution < 1.29 is 17.9 Å². The number of nitrogens with one attached hydrogen (secondary N) is 1. The Morgan fingerprint density at radius 2 is 1.94 bits per heavy atom. The van der Waals surface area contributed by atoms with Gasteiger partial charge in [-0.25, -0.2) is 8.42 Å². The van der Waals surface area contributed by atoms with Gasteiger partial charge in [-0.05, 0) is 31.0 Å². The molecule has 0 spiro atoms. The van der Waals surface area contributed by atoms with E-state index >= 15 is 0 Å². The maximum absolute atomic E-state index is 13.2. The van der Waals surface area contributed by atoms with Crippen molar-refractivity contribution in [3.8, 4) is 5.75 Å². The average Bonchev–Trinajstić information content (AvgIpc) is 3.43. The molecule has 1 N–H and O–H groups in total. The van der Waals surface area contributed by atoms with Gasteiger partial charge in [0, 0.05) is 12.6 Å². The van der Waals surface area contributed by atoms with Gasteiger partial charge in [-0.3, -0.25) is 4.79 Å². The Morgan fingerprint density at radius 3 is 2.68 bits per heavy atom. The molecule has 11 heteroatoms. The van der Waals surface area contributed by atoms with Crippen molar-refractivity contribution in [2.45, 2.75) is 30.3 Å². The summed E-state index contributed by atoms with van der Waals surface area (Å²) in [6, 6.07) is 16.9. The molecule has 0 radical (unpaired) electrons. The van der Waals surface area contributed by atoms with E-state index in [0.29, 0.717) is 29.0 Å². The van der Waals surface area contributed by atoms with E-state index in [4.69, 9.17) is 4.74 Å². The van der Waals surface area contributed by atoms with E-state index in [1.807, 2.05) is 61.5 Å². The fourth-order valence-corrected chi connectivity index (χ4v) is 7.09. The van der Waals surface area contributed by atoms with E-state index in [0.717, 1.165) is 17.0 Å². The second-order valence-electron chi connectivity index (χ2n) is 7.78. The first kappa shape index (κ1) is 24.5. The van der Waals surface area contributed by atoms with E-state index < -0.39 is 9.84 Å². The van der Waals surface area contributed by atoms with Crippen molar-refractivity contribution in [2.75, 3.05) is 29.2 Å². The number of carbonyl (C=O) groups excluding carboxylic acids is 1. The Hall–Kier alpha value is -2.63. The van der Waals surface area contributed by atoms with Crippen LogP contribution in [-0.4, -0.2) is 59.3 Å². The van der Waals surface area contributed by atoms with E-state index in [9.17, 15) is 13.2 Å². The molecule has 3 aromatic rings. The number of hydrogen-bond donors (Lipinski definition) is 1. The zero-order valence-corrected chi connectivity index (χ0v) is 21.2. The molecule has 1 amide bonds.